The lowest BCUT2D eigenvalue weighted by Gasteiger charge is -2.17. The Kier molecular flexibility index (Phi) is 6.73. The number of carboxylic acid groups (broad SMARTS) is 1. The standard InChI is InChI=1S/C15H22N2O3/c1-11(7-10-14(18)19)17-15(20)13(16)9-8-12-5-3-2-4-6-12/h2-6,11,13H,7-10,16H2,1H3,(H,17,20)(H,18,19)/t11?,13-/m0/s1. The quantitative estimate of drug-likeness (QED) is 0.668. The highest BCUT2D eigenvalue weighted by Gasteiger charge is 2.16. The summed E-state index contributed by atoms with van der Waals surface area (Å²) in [6.45, 7) is 1.78. The van der Waals surface area contributed by atoms with Crippen molar-refractivity contribution in [2.45, 2.75) is 44.7 Å². The van der Waals surface area contributed by atoms with Crippen LogP contribution < -0.4 is 11.1 Å². The zero-order valence-electron chi connectivity index (χ0n) is 11.7. The van der Waals surface area contributed by atoms with Gasteiger partial charge in [0, 0.05) is 12.5 Å². The molecular weight excluding hydrogens is 256 g/mol. The lowest BCUT2D eigenvalue weighted by molar-refractivity contribution is -0.137. The Morgan fingerprint density at radius 2 is 1.90 bits per heavy atom. The Labute approximate surface area is 119 Å². The van der Waals surface area contributed by atoms with E-state index in [0.29, 0.717) is 12.8 Å². The van der Waals surface area contributed by atoms with Crippen molar-refractivity contribution in [3.63, 3.8) is 0 Å². The maximum atomic E-state index is 11.8. The molecule has 0 fully saturated rings. The number of benzene rings is 1. The van der Waals surface area contributed by atoms with E-state index in [2.05, 4.69) is 5.32 Å². The van der Waals surface area contributed by atoms with Gasteiger partial charge in [-0.05, 0) is 31.7 Å². The first-order valence-electron chi connectivity index (χ1n) is 6.80. The van der Waals surface area contributed by atoms with Gasteiger partial charge in [0.15, 0.2) is 0 Å². The fourth-order valence-electron chi connectivity index (χ4n) is 1.86. The van der Waals surface area contributed by atoms with Gasteiger partial charge in [0.2, 0.25) is 5.91 Å². The van der Waals surface area contributed by atoms with Gasteiger partial charge < -0.3 is 16.2 Å². The van der Waals surface area contributed by atoms with Gasteiger partial charge in [-0.25, -0.2) is 0 Å². The van der Waals surface area contributed by atoms with Crippen molar-refractivity contribution in [3.05, 3.63) is 35.9 Å². The van der Waals surface area contributed by atoms with Gasteiger partial charge in [0.1, 0.15) is 0 Å². The van der Waals surface area contributed by atoms with E-state index in [4.69, 9.17) is 10.8 Å². The molecule has 0 saturated carbocycles. The molecule has 20 heavy (non-hydrogen) atoms. The van der Waals surface area contributed by atoms with E-state index in [-0.39, 0.29) is 18.4 Å². The van der Waals surface area contributed by atoms with Gasteiger partial charge in [-0.1, -0.05) is 30.3 Å². The predicted molar refractivity (Wildman–Crippen MR) is 77.2 cm³/mol. The summed E-state index contributed by atoms with van der Waals surface area (Å²) < 4.78 is 0. The number of carbonyl (C=O) groups is 2. The third-order valence-electron chi connectivity index (χ3n) is 3.10. The second kappa shape index (κ2) is 8.32. The molecule has 0 aliphatic carbocycles. The highest BCUT2D eigenvalue weighted by atomic mass is 16.4. The van der Waals surface area contributed by atoms with Gasteiger partial charge in [0.05, 0.1) is 6.04 Å². The number of carboxylic acids is 1. The smallest absolute Gasteiger partial charge is 0.303 e. The van der Waals surface area contributed by atoms with Crippen molar-refractivity contribution in [3.8, 4) is 0 Å². The molecule has 0 heterocycles. The molecule has 0 aliphatic heterocycles. The van der Waals surface area contributed by atoms with Crippen molar-refractivity contribution in [2.24, 2.45) is 5.73 Å². The van der Waals surface area contributed by atoms with Crippen LogP contribution in [0, 0.1) is 0 Å². The molecule has 2 atom stereocenters. The van der Waals surface area contributed by atoms with Crippen molar-refractivity contribution in [1.82, 2.24) is 5.32 Å². The Morgan fingerprint density at radius 1 is 1.25 bits per heavy atom. The summed E-state index contributed by atoms with van der Waals surface area (Å²) in [6.07, 6.45) is 1.77. The van der Waals surface area contributed by atoms with Gasteiger partial charge in [-0.15, -0.1) is 0 Å². The van der Waals surface area contributed by atoms with Crippen LogP contribution in [0.1, 0.15) is 31.7 Å². The highest BCUT2D eigenvalue weighted by Crippen LogP contribution is 2.05. The Morgan fingerprint density at radius 3 is 2.50 bits per heavy atom. The Balaban J connectivity index is 2.30. The molecule has 1 rings (SSSR count). The number of rotatable bonds is 8. The Hall–Kier alpha value is -1.88. The molecule has 0 radical (unpaired) electrons. The van der Waals surface area contributed by atoms with Crippen LogP contribution >= 0.6 is 0 Å². The van der Waals surface area contributed by atoms with Crippen LogP contribution in [0.5, 0.6) is 0 Å². The van der Waals surface area contributed by atoms with Gasteiger partial charge in [0.25, 0.3) is 0 Å². The summed E-state index contributed by atoms with van der Waals surface area (Å²) >= 11 is 0. The lowest BCUT2D eigenvalue weighted by Crippen LogP contribution is -2.44. The average molecular weight is 278 g/mol. The van der Waals surface area contributed by atoms with Crippen LogP contribution in [0.2, 0.25) is 0 Å². The zero-order chi connectivity index (χ0) is 15.0. The van der Waals surface area contributed by atoms with Crippen molar-refractivity contribution < 1.29 is 14.7 Å². The maximum Gasteiger partial charge on any atom is 0.303 e. The monoisotopic (exact) mass is 278 g/mol. The SMILES string of the molecule is CC(CCC(=O)O)NC(=O)[C@@H](N)CCc1ccccc1. The van der Waals surface area contributed by atoms with E-state index in [1.54, 1.807) is 6.92 Å². The van der Waals surface area contributed by atoms with Crippen LogP contribution in [0.4, 0.5) is 0 Å². The summed E-state index contributed by atoms with van der Waals surface area (Å²) in [4.78, 5) is 22.3. The molecule has 1 aromatic rings. The number of amides is 1. The molecule has 1 unspecified atom stereocenters. The van der Waals surface area contributed by atoms with Crippen LogP contribution in [0.25, 0.3) is 0 Å². The minimum atomic E-state index is -0.862. The van der Waals surface area contributed by atoms with Crippen LogP contribution in [-0.4, -0.2) is 29.1 Å². The molecule has 1 amide bonds. The van der Waals surface area contributed by atoms with Gasteiger partial charge in [-0.3, -0.25) is 9.59 Å². The second-order valence-electron chi connectivity index (χ2n) is 4.97. The minimum Gasteiger partial charge on any atom is -0.481 e. The maximum absolute atomic E-state index is 11.8. The van der Waals surface area contributed by atoms with E-state index in [1.807, 2.05) is 30.3 Å². The Bertz CT molecular complexity index is 434. The first-order chi connectivity index (χ1) is 9.49. The molecule has 0 saturated heterocycles. The molecule has 1 aromatic carbocycles. The average Bonchev–Trinajstić information content (AvgIpc) is 2.43. The van der Waals surface area contributed by atoms with E-state index in [1.165, 1.54) is 0 Å². The summed E-state index contributed by atoms with van der Waals surface area (Å²) in [5.41, 5.74) is 6.99. The molecule has 0 spiro atoms. The molecule has 5 nitrogen and oxygen atoms in total. The number of hydrogen-bond acceptors (Lipinski definition) is 3. The van der Waals surface area contributed by atoms with Crippen molar-refractivity contribution in [2.75, 3.05) is 0 Å². The fraction of sp³-hybridized carbons (Fsp3) is 0.467. The zero-order valence-corrected chi connectivity index (χ0v) is 11.7. The molecule has 0 bridgehead atoms. The van der Waals surface area contributed by atoms with E-state index in [0.717, 1.165) is 12.0 Å². The number of carbonyl (C=O) groups excluding carboxylic acids is 1. The molecule has 110 valence electrons. The summed E-state index contributed by atoms with van der Waals surface area (Å²) in [7, 11) is 0. The van der Waals surface area contributed by atoms with Gasteiger partial charge in [-0.2, -0.15) is 0 Å². The van der Waals surface area contributed by atoms with Crippen LogP contribution in [-0.2, 0) is 16.0 Å². The predicted octanol–water partition coefficient (Wildman–Crippen LogP) is 1.32. The third-order valence-corrected chi connectivity index (χ3v) is 3.10. The summed E-state index contributed by atoms with van der Waals surface area (Å²) in [6, 6.07) is 9.11. The lowest BCUT2D eigenvalue weighted by atomic mass is 10.0. The first kappa shape index (κ1) is 16.2. The van der Waals surface area contributed by atoms with E-state index in [9.17, 15) is 9.59 Å². The normalized spacial score (nSPS) is 13.5. The molecule has 5 heteroatoms. The van der Waals surface area contributed by atoms with E-state index < -0.39 is 12.0 Å². The van der Waals surface area contributed by atoms with Crippen LogP contribution in [0.15, 0.2) is 30.3 Å². The largest absolute Gasteiger partial charge is 0.481 e. The summed E-state index contributed by atoms with van der Waals surface area (Å²) in [5.74, 6) is -1.08. The van der Waals surface area contributed by atoms with Gasteiger partial charge >= 0.3 is 5.97 Å². The van der Waals surface area contributed by atoms with Crippen molar-refractivity contribution in [1.29, 1.82) is 0 Å². The van der Waals surface area contributed by atoms with E-state index >= 15 is 0 Å². The number of nitrogens with two attached hydrogens (primary N) is 1. The number of hydrogen-bond donors (Lipinski definition) is 3. The fourth-order valence-corrected chi connectivity index (χ4v) is 1.86. The molecule has 4 N–H and O–H groups in total. The molecule has 0 aromatic heterocycles. The number of aryl methyl sites for hydroxylation is 1. The molecular formula is C15H22N2O3. The second-order valence-corrected chi connectivity index (χ2v) is 4.97. The van der Waals surface area contributed by atoms with Crippen LogP contribution in [0.3, 0.4) is 0 Å². The number of aliphatic carboxylic acids is 1. The topological polar surface area (TPSA) is 92.4 Å². The third kappa shape index (κ3) is 6.33. The first-order valence-corrected chi connectivity index (χ1v) is 6.80. The summed E-state index contributed by atoms with van der Waals surface area (Å²) in [5, 5.41) is 11.3. The molecule has 0 aliphatic rings. The highest BCUT2D eigenvalue weighted by molar-refractivity contribution is 5.81. The minimum absolute atomic E-state index is 0.0424. The number of nitrogens with one attached hydrogen (secondary N) is 1. The van der Waals surface area contributed by atoms with Crippen molar-refractivity contribution >= 4 is 11.9 Å².